The molecule has 0 aliphatic heterocycles. The highest BCUT2D eigenvalue weighted by atomic mass is 16.3. The lowest BCUT2D eigenvalue weighted by atomic mass is 9.99. The molecule has 2 aromatic heterocycles. The van der Waals surface area contributed by atoms with Crippen LogP contribution in [0.4, 0.5) is 0 Å². The molecule has 2 rings (SSSR count). The van der Waals surface area contributed by atoms with E-state index >= 15 is 0 Å². The number of carbonyl (C=O) groups is 2. The predicted octanol–water partition coefficient (Wildman–Crippen LogP) is 1.71. The van der Waals surface area contributed by atoms with Crippen LogP contribution in [0.15, 0.2) is 35.2 Å². The van der Waals surface area contributed by atoms with Crippen LogP contribution in [0.2, 0.25) is 0 Å². The van der Waals surface area contributed by atoms with Gasteiger partial charge in [-0.15, -0.1) is 0 Å². The van der Waals surface area contributed by atoms with Gasteiger partial charge in [-0.25, -0.2) is 4.98 Å². The van der Waals surface area contributed by atoms with Gasteiger partial charge in [0, 0.05) is 19.4 Å². The van der Waals surface area contributed by atoms with E-state index in [-0.39, 0.29) is 23.2 Å². The first-order valence-electron chi connectivity index (χ1n) is 5.20. The van der Waals surface area contributed by atoms with Crippen molar-refractivity contribution < 1.29 is 14.0 Å². The van der Waals surface area contributed by atoms with E-state index in [1.807, 2.05) is 0 Å². The van der Waals surface area contributed by atoms with Gasteiger partial charge < -0.3 is 8.98 Å². The molecule has 0 N–H and O–H groups in total. The van der Waals surface area contributed by atoms with E-state index in [4.69, 9.17) is 4.42 Å². The SMILES string of the molecule is CC(C(=O)c1ccco1)C(=O)c1nccn1C. The molecular weight excluding hydrogens is 220 g/mol. The standard InChI is InChI=1S/C12H12N2O3/c1-8(10(15)9-4-3-7-17-9)11(16)12-13-5-6-14(12)2/h3-8H,1-2H3. The lowest BCUT2D eigenvalue weighted by molar-refractivity contribution is 0.0796. The molecule has 0 saturated carbocycles. The second-order valence-electron chi connectivity index (χ2n) is 3.79. The maximum Gasteiger partial charge on any atom is 0.208 e. The third-order valence-electron chi connectivity index (χ3n) is 2.59. The lowest BCUT2D eigenvalue weighted by Gasteiger charge is -2.07. The Hall–Kier alpha value is -2.17. The maximum atomic E-state index is 12.0. The van der Waals surface area contributed by atoms with Crippen LogP contribution >= 0.6 is 0 Å². The van der Waals surface area contributed by atoms with E-state index in [1.165, 1.54) is 12.5 Å². The average Bonchev–Trinajstić information content (AvgIpc) is 2.96. The first kappa shape index (κ1) is 11.3. The quantitative estimate of drug-likeness (QED) is 0.594. The Kier molecular flexibility index (Phi) is 2.91. The molecule has 0 amide bonds. The molecule has 88 valence electrons. The summed E-state index contributed by atoms with van der Waals surface area (Å²) in [5.74, 6) is -0.957. The first-order chi connectivity index (χ1) is 8.11. The van der Waals surface area contributed by atoms with Crippen LogP contribution in [0.25, 0.3) is 0 Å². The molecule has 17 heavy (non-hydrogen) atoms. The van der Waals surface area contributed by atoms with E-state index in [0.717, 1.165) is 0 Å². The van der Waals surface area contributed by atoms with Gasteiger partial charge in [-0.3, -0.25) is 9.59 Å². The zero-order valence-electron chi connectivity index (χ0n) is 9.58. The molecule has 0 aliphatic carbocycles. The fourth-order valence-electron chi connectivity index (χ4n) is 1.55. The number of nitrogens with zero attached hydrogens (tertiary/aromatic N) is 2. The number of aryl methyl sites for hydroxylation is 1. The zero-order chi connectivity index (χ0) is 12.4. The topological polar surface area (TPSA) is 65.1 Å². The number of hydrogen-bond acceptors (Lipinski definition) is 4. The molecule has 0 radical (unpaired) electrons. The normalized spacial score (nSPS) is 12.4. The molecule has 0 aliphatic rings. The van der Waals surface area contributed by atoms with Gasteiger partial charge in [-0.05, 0) is 19.1 Å². The van der Waals surface area contributed by atoms with Crippen LogP contribution in [0.1, 0.15) is 28.1 Å². The van der Waals surface area contributed by atoms with Gasteiger partial charge in [-0.2, -0.15) is 0 Å². The molecule has 0 fully saturated rings. The van der Waals surface area contributed by atoms with Crippen molar-refractivity contribution in [2.24, 2.45) is 13.0 Å². The monoisotopic (exact) mass is 232 g/mol. The van der Waals surface area contributed by atoms with Crippen LogP contribution < -0.4 is 0 Å². The van der Waals surface area contributed by atoms with Gasteiger partial charge >= 0.3 is 0 Å². The third kappa shape index (κ3) is 2.04. The van der Waals surface area contributed by atoms with Gasteiger partial charge in [-0.1, -0.05) is 0 Å². The van der Waals surface area contributed by atoms with Crippen molar-refractivity contribution in [2.45, 2.75) is 6.92 Å². The fourth-order valence-corrected chi connectivity index (χ4v) is 1.55. The minimum atomic E-state index is -0.790. The van der Waals surface area contributed by atoms with Crippen molar-refractivity contribution in [1.29, 1.82) is 0 Å². The fraction of sp³-hybridized carbons (Fsp3) is 0.250. The van der Waals surface area contributed by atoms with Crippen molar-refractivity contribution in [3.05, 3.63) is 42.4 Å². The number of hydrogen-bond donors (Lipinski definition) is 0. The number of furan rings is 1. The molecular formula is C12H12N2O3. The Morgan fingerprint density at radius 1 is 1.41 bits per heavy atom. The van der Waals surface area contributed by atoms with E-state index < -0.39 is 5.92 Å². The predicted molar refractivity (Wildman–Crippen MR) is 59.7 cm³/mol. The number of ketones is 2. The summed E-state index contributed by atoms with van der Waals surface area (Å²) in [6.45, 7) is 1.56. The van der Waals surface area contributed by atoms with E-state index in [9.17, 15) is 9.59 Å². The molecule has 0 aromatic carbocycles. The molecule has 0 bridgehead atoms. The minimum absolute atomic E-state index is 0.194. The summed E-state index contributed by atoms with van der Waals surface area (Å²) in [7, 11) is 1.71. The molecule has 0 saturated heterocycles. The summed E-state index contributed by atoms with van der Waals surface area (Å²) < 4.78 is 6.58. The van der Waals surface area contributed by atoms with Gasteiger partial charge in [0.1, 0.15) is 0 Å². The van der Waals surface area contributed by atoms with Gasteiger partial charge in [0.25, 0.3) is 0 Å². The van der Waals surface area contributed by atoms with E-state index in [2.05, 4.69) is 4.98 Å². The first-order valence-corrected chi connectivity index (χ1v) is 5.20. The highest BCUT2D eigenvalue weighted by Crippen LogP contribution is 2.13. The zero-order valence-corrected chi connectivity index (χ0v) is 9.58. The molecule has 1 unspecified atom stereocenters. The maximum absolute atomic E-state index is 12.0. The number of Topliss-reactive ketones (excluding diaryl/α,β-unsaturated/α-hetero) is 2. The second kappa shape index (κ2) is 4.37. The van der Waals surface area contributed by atoms with E-state index in [1.54, 1.807) is 36.9 Å². The van der Waals surface area contributed by atoms with Crippen LogP contribution in [0, 0.1) is 5.92 Å². The summed E-state index contributed by atoms with van der Waals surface area (Å²) in [4.78, 5) is 27.9. The van der Waals surface area contributed by atoms with Crippen molar-refractivity contribution in [2.75, 3.05) is 0 Å². The summed E-state index contributed by atoms with van der Waals surface area (Å²) in [5, 5.41) is 0. The van der Waals surface area contributed by atoms with Crippen LogP contribution in [0.3, 0.4) is 0 Å². The molecule has 0 spiro atoms. The van der Waals surface area contributed by atoms with Gasteiger partial charge in [0.05, 0.1) is 12.2 Å². The van der Waals surface area contributed by atoms with Crippen LogP contribution in [0.5, 0.6) is 0 Å². The summed E-state index contributed by atoms with van der Waals surface area (Å²) in [6, 6.07) is 3.16. The van der Waals surface area contributed by atoms with Crippen molar-refractivity contribution in [1.82, 2.24) is 9.55 Å². The minimum Gasteiger partial charge on any atom is -0.461 e. The Balaban J connectivity index is 2.21. The third-order valence-corrected chi connectivity index (χ3v) is 2.59. The molecule has 5 heteroatoms. The van der Waals surface area contributed by atoms with E-state index in [0.29, 0.717) is 0 Å². The Labute approximate surface area is 98.1 Å². The number of aromatic nitrogens is 2. The second-order valence-corrected chi connectivity index (χ2v) is 3.79. The molecule has 1 atom stereocenters. The summed E-state index contributed by atoms with van der Waals surface area (Å²) >= 11 is 0. The Morgan fingerprint density at radius 2 is 2.18 bits per heavy atom. The van der Waals surface area contributed by atoms with Crippen LogP contribution in [-0.4, -0.2) is 21.1 Å². The number of imidazole rings is 1. The van der Waals surface area contributed by atoms with Crippen LogP contribution in [-0.2, 0) is 7.05 Å². The highest BCUT2D eigenvalue weighted by Gasteiger charge is 2.27. The van der Waals surface area contributed by atoms with Gasteiger partial charge in [0.15, 0.2) is 11.6 Å². The van der Waals surface area contributed by atoms with Crippen molar-refractivity contribution >= 4 is 11.6 Å². The lowest BCUT2D eigenvalue weighted by Crippen LogP contribution is -2.23. The van der Waals surface area contributed by atoms with Crippen molar-refractivity contribution in [3.63, 3.8) is 0 Å². The average molecular weight is 232 g/mol. The molecule has 2 aromatic rings. The summed E-state index contributed by atoms with van der Waals surface area (Å²) in [6.07, 6.45) is 4.60. The van der Waals surface area contributed by atoms with Gasteiger partial charge in [0.2, 0.25) is 11.6 Å². The molecule has 2 heterocycles. The van der Waals surface area contributed by atoms with Crippen molar-refractivity contribution in [3.8, 4) is 0 Å². The Bertz CT molecular complexity index is 540. The molecule has 5 nitrogen and oxygen atoms in total. The smallest absolute Gasteiger partial charge is 0.208 e. The number of rotatable bonds is 4. The number of carbonyl (C=O) groups excluding carboxylic acids is 2. The summed E-state index contributed by atoms with van der Waals surface area (Å²) in [5.41, 5.74) is 0. The largest absolute Gasteiger partial charge is 0.461 e. The highest BCUT2D eigenvalue weighted by molar-refractivity contribution is 6.13. The Morgan fingerprint density at radius 3 is 2.71 bits per heavy atom.